The van der Waals surface area contributed by atoms with Gasteiger partial charge in [-0.25, -0.2) is 4.68 Å². The smallest absolute Gasteiger partial charge is 0.226 e. The molecular formula is C22H23N3O2. The molecule has 3 aromatic rings. The summed E-state index contributed by atoms with van der Waals surface area (Å²) in [5.41, 5.74) is 4.14. The molecule has 27 heavy (non-hydrogen) atoms. The first-order valence-corrected chi connectivity index (χ1v) is 9.23. The van der Waals surface area contributed by atoms with Crippen molar-refractivity contribution in [2.45, 2.75) is 39.2 Å². The van der Waals surface area contributed by atoms with E-state index in [1.807, 2.05) is 75.5 Å². The van der Waals surface area contributed by atoms with Crippen molar-refractivity contribution >= 4 is 11.7 Å². The molecule has 0 saturated carbocycles. The number of rotatable bonds is 4. The molecule has 0 radical (unpaired) electrons. The van der Waals surface area contributed by atoms with Gasteiger partial charge in [0.05, 0.1) is 18.0 Å². The molecule has 1 aliphatic heterocycles. The summed E-state index contributed by atoms with van der Waals surface area (Å²) in [6.07, 6.45) is 2.30. The molecule has 0 aliphatic carbocycles. The summed E-state index contributed by atoms with van der Waals surface area (Å²) in [6, 6.07) is 16.0. The van der Waals surface area contributed by atoms with Crippen molar-refractivity contribution < 1.29 is 9.53 Å². The fraction of sp³-hybridized carbons (Fsp3) is 0.273. The number of anilines is 1. The van der Waals surface area contributed by atoms with Gasteiger partial charge in [-0.1, -0.05) is 35.9 Å². The molecule has 0 bridgehead atoms. The zero-order chi connectivity index (χ0) is 19.0. The molecule has 1 N–H and O–H groups in total. The van der Waals surface area contributed by atoms with Crippen LogP contribution in [0, 0.1) is 6.92 Å². The van der Waals surface area contributed by atoms with E-state index < -0.39 is 0 Å². The highest BCUT2D eigenvalue weighted by molar-refractivity contribution is 5.94. The fourth-order valence-corrected chi connectivity index (χ4v) is 3.51. The number of aromatic nitrogens is 2. The second-order valence-corrected chi connectivity index (χ2v) is 7.21. The third kappa shape index (κ3) is 3.33. The quantitative estimate of drug-likeness (QED) is 0.747. The number of benzene rings is 2. The minimum Gasteiger partial charge on any atom is -0.491 e. The summed E-state index contributed by atoms with van der Waals surface area (Å²) >= 11 is 0. The third-order valence-electron chi connectivity index (χ3n) is 4.76. The number of nitrogens with zero attached hydrogens (tertiary/aromatic N) is 2. The zero-order valence-corrected chi connectivity index (χ0v) is 15.8. The highest BCUT2D eigenvalue weighted by Crippen LogP contribution is 2.41. The van der Waals surface area contributed by atoms with Gasteiger partial charge < -0.3 is 10.1 Å². The van der Waals surface area contributed by atoms with Crippen LogP contribution in [0.1, 0.15) is 42.9 Å². The third-order valence-corrected chi connectivity index (χ3v) is 4.76. The molecule has 1 atom stereocenters. The Kier molecular flexibility index (Phi) is 4.44. The Morgan fingerprint density at radius 1 is 1.11 bits per heavy atom. The summed E-state index contributed by atoms with van der Waals surface area (Å²) in [7, 11) is 0. The van der Waals surface area contributed by atoms with Gasteiger partial charge in [0.2, 0.25) is 5.91 Å². The van der Waals surface area contributed by atoms with Crippen LogP contribution >= 0.6 is 0 Å². The Balaban J connectivity index is 1.79. The van der Waals surface area contributed by atoms with Crippen LogP contribution in [0.25, 0.3) is 5.69 Å². The number of nitrogens with one attached hydrogen (secondary N) is 1. The van der Waals surface area contributed by atoms with Crippen LogP contribution in [-0.2, 0) is 4.79 Å². The van der Waals surface area contributed by atoms with Crippen LogP contribution in [0.3, 0.4) is 0 Å². The second-order valence-electron chi connectivity index (χ2n) is 7.21. The summed E-state index contributed by atoms with van der Waals surface area (Å²) in [5, 5.41) is 7.56. The molecule has 0 spiro atoms. The summed E-state index contributed by atoms with van der Waals surface area (Å²) in [6.45, 7) is 6.06. The van der Waals surface area contributed by atoms with Crippen LogP contribution < -0.4 is 10.1 Å². The number of carbonyl (C=O) groups is 1. The zero-order valence-electron chi connectivity index (χ0n) is 15.8. The van der Waals surface area contributed by atoms with Crippen LogP contribution in [0.5, 0.6) is 5.75 Å². The van der Waals surface area contributed by atoms with Gasteiger partial charge in [0.15, 0.2) is 0 Å². The van der Waals surface area contributed by atoms with E-state index in [0.29, 0.717) is 6.42 Å². The van der Waals surface area contributed by atoms with Gasteiger partial charge in [0, 0.05) is 23.5 Å². The normalized spacial score (nSPS) is 16.1. The predicted molar refractivity (Wildman–Crippen MR) is 106 cm³/mol. The van der Waals surface area contributed by atoms with Gasteiger partial charge in [-0.15, -0.1) is 0 Å². The maximum Gasteiger partial charge on any atom is 0.226 e. The van der Waals surface area contributed by atoms with E-state index in [-0.39, 0.29) is 17.9 Å². The van der Waals surface area contributed by atoms with E-state index in [1.54, 1.807) is 4.68 Å². The molecule has 1 aliphatic rings. The summed E-state index contributed by atoms with van der Waals surface area (Å²) < 4.78 is 7.79. The molecular weight excluding hydrogens is 338 g/mol. The SMILES string of the molecule is Cc1ccc(-n2ncc3c2NC(=O)C[C@@H]3c2ccccc2OC(C)C)cc1. The van der Waals surface area contributed by atoms with Gasteiger partial charge in [-0.2, -0.15) is 5.10 Å². The molecule has 0 saturated heterocycles. The fourth-order valence-electron chi connectivity index (χ4n) is 3.51. The van der Waals surface area contributed by atoms with Crippen LogP contribution in [0.15, 0.2) is 54.7 Å². The Morgan fingerprint density at radius 2 is 1.85 bits per heavy atom. The first kappa shape index (κ1) is 17.3. The number of ether oxygens (including phenoxy) is 1. The van der Waals surface area contributed by atoms with Crippen LogP contribution in [0.2, 0.25) is 0 Å². The number of amides is 1. The number of fused-ring (bicyclic) bond motifs is 1. The molecule has 2 aromatic carbocycles. The lowest BCUT2D eigenvalue weighted by Crippen LogP contribution is -2.25. The highest BCUT2D eigenvalue weighted by Gasteiger charge is 2.32. The van der Waals surface area contributed by atoms with Crippen LogP contribution in [-0.4, -0.2) is 21.8 Å². The molecule has 2 heterocycles. The van der Waals surface area contributed by atoms with Crippen molar-refractivity contribution in [1.82, 2.24) is 9.78 Å². The van der Waals surface area contributed by atoms with E-state index in [1.165, 1.54) is 5.56 Å². The molecule has 0 unspecified atom stereocenters. The number of carbonyl (C=O) groups excluding carboxylic acids is 1. The Hall–Kier alpha value is -3.08. The van der Waals surface area contributed by atoms with Crippen molar-refractivity contribution in [1.29, 1.82) is 0 Å². The Bertz CT molecular complexity index is 973. The van der Waals surface area contributed by atoms with Gasteiger partial charge in [-0.3, -0.25) is 4.79 Å². The molecule has 5 heteroatoms. The maximum absolute atomic E-state index is 12.5. The lowest BCUT2D eigenvalue weighted by atomic mass is 9.87. The van der Waals surface area contributed by atoms with Gasteiger partial charge in [0.25, 0.3) is 0 Å². The number of hydrogen-bond donors (Lipinski definition) is 1. The largest absolute Gasteiger partial charge is 0.491 e. The van der Waals surface area contributed by atoms with Crippen molar-refractivity contribution in [2.75, 3.05) is 5.32 Å². The average Bonchev–Trinajstić information content (AvgIpc) is 3.05. The number of hydrogen-bond acceptors (Lipinski definition) is 3. The van der Waals surface area contributed by atoms with E-state index in [4.69, 9.17) is 4.74 Å². The van der Waals surface area contributed by atoms with E-state index in [2.05, 4.69) is 10.4 Å². The Morgan fingerprint density at radius 3 is 2.59 bits per heavy atom. The van der Waals surface area contributed by atoms with Crippen LogP contribution in [0.4, 0.5) is 5.82 Å². The first-order valence-electron chi connectivity index (χ1n) is 9.23. The van der Waals surface area contributed by atoms with Crippen molar-refractivity contribution in [2.24, 2.45) is 0 Å². The molecule has 5 nitrogen and oxygen atoms in total. The molecule has 0 fully saturated rings. The lowest BCUT2D eigenvalue weighted by molar-refractivity contribution is -0.116. The van der Waals surface area contributed by atoms with Gasteiger partial charge >= 0.3 is 0 Å². The minimum atomic E-state index is -0.0806. The molecule has 1 aromatic heterocycles. The van der Waals surface area contributed by atoms with E-state index in [9.17, 15) is 4.79 Å². The highest BCUT2D eigenvalue weighted by atomic mass is 16.5. The number of para-hydroxylation sites is 1. The summed E-state index contributed by atoms with van der Waals surface area (Å²) in [4.78, 5) is 12.5. The topological polar surface area (TPSA) is 56.2 Å². The summed E-state index contributed by atoms with van der Waals surface area (Å²) in [5.74, 6) is 1.46. The predicted octanol–water partition coefficient (Wildman–Crippen LogP) is 4.44. The van der Waals surface area contributed by atoms with Crippen molar-refractivity contribution in [3.63, 3.8) is 0 Å². The minimum absolute atomic E-state index is 0.0132. The van der Waals surface area contributed by atoms with Gasteiger partial charge in [-0.05, 0) is 39.0 Å². The Labute approximate surface area is 159 Å². The maximum atomic E-state index is 12.5. The van der Waals surface area contributed by atoms with E-state index >= 15 is 0 Å². The molecule has 4 rings (SSSR count). The first-order chi connectivity index (χ1) is 13.0. The second kappa shape index (κ2) is 6.91. The van der Waals surface area contributed by atoms with Crippen molar-refractivity contribution in [3.8, 4) is 11.4 Å². The van der Waals surface area contributed by atoms with Gasteiger partial charge in [0.1, 0.15) is 11.6 Å². The molecule has 1 amide bonds. The van der Waals surface area contributed by atoms with Crippen molar-refractivity contribution in [3.05, 3.63) is 71.4 Å². The standard InChI is InChI=1S/C22H23N3O2/c1-14(2)27-20-7-5-4-6-17(20)18-12-21(26)24-22-19(18)13-23-25(22)16-10-8-15(3)9-11-16/h4-11,13-14,18H,12H2,1-3H3,(H,24,26)/t18-/m1/s1. The average molecular weight is 361 g/mol. The lowest BCUT2D eigenvalue weighted by Gasteiger charge is -2.26. The number of aryl methyl sites for hydroxylation is 1. The van der Waals surface area contributed by atoms with E-state index in [0.717, 1.165) is 28.4 Å². The monoisotopic (exact) mass is 361 g/mol. The molecule has 138 valence electrons.